The fourth-order valence-corrected chi connectivity index (χ4v) is 3.34. The number of rotatable bonds is 1. The fourth-order valence-electron chi connectivity index (χ4n) is 3.34. The molecule has 2 fully saturated rings. The Labute approximate surface area is 110 Å². The normalized spacial score (nSPS) is 24.4. The van der Waals surface area contributed by atoms with Crippen molar-refractivity contribution < 1.29 is 0 Å². The van der Waals surface area contributed by atoms with E-state index in [1.807, 2.05) is 12.3 Å². The van der Waals surface area contributed by atoms with E-state index in [1.54, 1.807) is 0 Å². The molecule has 1 aromatic heterocycles. The summed E-state index contributed by atoms with van der Waals surface area (Å²) in [6, 6.07) is 6.21. The summed E-state index contributed by atoms with van der Waals surface area (Å²) in [6.07, 6.45) is 7.36. The Morgan fingerprint density at radius 1 is 1.00 bits per heavy atom. The molecule has 2 saturated heterocycles. The molecular formula is C15H23N3. The van der Waals surface area contributed by atoms with Crippen molar-refractivity contribution in [1.82, 2.24) is 9.88 Å². The smallest absolute Gasteiger partial charge is 0.128 e. The van der Waals surface area contributed by atoms with Crippen LogP contribution in [0.15, 0.2) is 24.4 Å². The first-order valence-corrected chi connectivity index (χ1v) is 7.12. The summed E-state index contributed by atoms with van der Waals surface area (Å²) in [5, 5.41) is 0. The molecule has 0 aliphatic carbocycles. The molecule has 1 aromatic rings. The molecule has 0 unspecified atom stereocenters. The van der Waals surface area contributed by atoms with Gasteiger partial charge in [0.05, 0.1) is 0 Å². The van der Waals surface area contributed by atoms with Gasteiger partial charge in [0.1, 0.15) is 5.82 Å². The van der Waals surface area contributed by atoms with Gasteiger partial charge in [-0.3, -0.25) is 0 Å². The van der Waals surface area contributed by atoms with Crippen LogP contribution in [0.1, 0.15) is 25.7 Å². The molecule has 3 rings (SSSR count). The summed E-state index contributed by atoms with van der Waals surface area (Å²) < 4.78 is 0. The lowest BCUT2D eigenvalue weighted by molar-refractivity contribution is 0.0943. The summed E-state index contributed by atoms with van der Waals surface area (Å²) in [4.78, 5) is 9.38. The molecule has 0 saturated carbocycles. The Hall–Kier alpha value is -1.09. The van der Waals surface area contributed by atoms with Crippen molar-refractivity contribution in [3.63, 3.8) is 0 Å². The lowest BCUT2D eigenvalue weighted by atomic mass is 9.71. The van der Waals surface area contributed by atoms with Crippen LogP contribution in [0.4, 0.5) is 5.82 Å². The van der Waals surface area contributed by atoms with Gasteiger partial charge in [0.25, 0.3) is 0 Å². The van der Waals surface area contributed by atoms with Gasteiger partial charge in [-0.05, 0) is 63.4 Å². The Balaban J connectivity index is 1.61. The van der Waals surface area contributed by atoms with Crippen LogP contribution in [-0.4, -0.2) is 43.1 Å². The van der Waals surface area contributed by atoms with E-state index in [9.17, 15) is 0 Å². The maximum absolute atomic E-state index is 4.47. The average molecular weight is 245 g/mol. The maximum Gasteiger partial charge on any atom is 0.128 e. The molecule has 0 atom stereocenters. The van der Waals surface area contributed by atoms with Crippen molar-refractivity contribution in [1.29, 1.82) is 0 Å². The molecule has 0 amide bonds. The minimum Gasteiger partial charge on any atom is -0.357 e. The SMILES string of the molecule is CN1CCC2(CC1)CCN(c1ccccn1)CC2. The van der Waals surface area contributed by atoms with Crippen molar-refractivity contribution in [2.24, 2.45) is 5.41 Å². The first-order valence-electron chi connectivity index (χ1n) is 7.12. The van der Waals surface area contributed by atoms with Gasteiger partial charge in [0.15, 0.2) is 0 Å². The van der Waals surface area contributed by atoms with Gasteiger partial charge in [-0.2, -0.15) is 0 Å². The van der Waals surface area contributed by atoms with E-state index in [2.05, 4.69) is 34.0 Å². The molecule has 0 N–H and O–H groups in total. The highest BCUT2D eigenvalue weighted by molar-refractivity contribution is 5.38. The first-order chi connectivity index (χ1) is 8.77. The molecule has 3 heterocycles. The van der Waals surface area contributed by atoms with E-state index in [0.717, 1.165) is 5.82 Å². The molecule has 3 nitrogen and oxygen atoms in total. The number of likely N-dealkylation sites (tertiary alicyclic amines) is 1. The van der Waals surface area contributed by atoms with E-state index in [-0.39, 0.29) is 0 Å². The highest BCUT2D eigenvalue weighted by Crippen LogP contribution is 2.41. The molecule has 2 aliphatic heterocycles. The molecule has 3 heteroatoms. The minimum absolute atomic E-state index is 0.637. The lowest BCUT2D eigenvalue weighted by Gasteiger charge is -2.46. The van der Waals surface area contributed by atoms with Crippen LogP contribution in [0.2, 0.25) is 0 Å². The minimum atomic E-state index is 0.637. The van der Waals surface area contributed by atoms with Crippen LogP contribution in [0.5, 0.6) is 0 Å². The predicted octanol–water partition coefficient (Wildman–Crippen LogP) is 2.39. The number of aromatic nitrogens is 1. The molecule has 1 spiro atoms. The Kier molecular flexibility index (Phi) is 3.25. The van der Waals surface area contributed by atoms with E-state index >= 15 is 0 Å². The summed E-state index contributed by atoms with van der Waals surface area (Å²) in [5.41, 5.74) is 0.637. The van der Waals surface area contributed by atoms with E-state index < -0.39 is 0 Å². The quantitative estimate of drug-likeness (QED) is 0.757. The van der Waals surface area contributed by atoms with Gasteiger partial charge in [-0.15, -0.1) is 0 Å². The summed E-state index contributed by atoms with van der Waals surface area (Å²) in [7, 11) is 2.25. The summed E-state index contributed by atoms with van der Waals surface area (Å²) >= 11 is 0. The van der Waals surface area contributed by atoms with Crippen LogP contribution < -0.4 is 4.90 Å². The number of nitrogens with zero attached hydrogens (tertiary/aromatic N) is 3. The van der Waals surface area contributed by atoms with E-state index in [4.69, 9.17) is 0 Å². The highest BCUT2D eigenvalue weighted by Gasteiger charge is 2.36. The van der Waals surface area contributed by atoms with E-state index in [1.165, 1.54) is 51.9 Å². The third-order valence-corrected chi connectivity index (χ3v) is 4.85. The van der Waals surface area contributed by atoms with Crippen LogP contribution in [0, 0.1) is 5.41 Å². The second kappa shape index (κ2) is 4.88. The second-order valence-electron chi connectivity index (χ2n) is 5.98. The standard InChI is InChI=1S/C15H23N3/c1-17-10-5-15(6-11-17)7-12-18(13-8-15)14-4-2-3-9-16-14/h2-4,9H,5-8,10-13H2,1H3. The maximum atomic E-state index is 4.47. The Morgan fingerprint density at radius 3 is 2.28 bits per heavy atom. The van der Waals surface area contributed by atoms with Crippen molar-refractivity contribution >= 4 is 5.82 Å². The molecule has 0 aromatic carbocycles. The molecular weight excluding hydrogens is 222 g/mol. The Morgan fingerprint density at radius 2 is 1.67 bits per heavy atom. The largest absolute Gasteiger partial charge is 0.357 e. The van der Waals surface area contributed by atoms with E-state index in [0.29, 0.717) is 5.41 Å². The van der Waals surface area contributed by atoms with Crippen LogP contribution in [-0.2, 0) is 0 Å². The van der Waals surface area contributed by atoms with Crippen molar-refractivity contribution in [2.45, 2.75) is 25.7 Å². The van der Waals surface area contributed by atoms with Gasteiger partial charge < -0.3 is 9.80 Å². The number of anilines is 1. The fraction of sp³-hybridized carbons (Fsp3) is 0.667. The molecule has 98 valence electrons. The average Bonchev–Trinajstić information content (AvgIpc) is 2.44. The monoisotopic (exact) mass is 245 g/mol. The van der Waals surface area contributed by atoms with Crippen LogP contribution >= 0.6 is 0 Å². The molecule has 0 bridgehead atoms. The number of pyridine rings is 1. The second-order valence-corrected chi connectivity index (χ2v) is 5.98. The third-order valence-electron chi connectivity index (χ3n) is 4.85. The highest BCUT2D eigenvalue weighted by atomic mass is 15.2. The van der Waals surface area contributed by atoms with Gasteiger partial charge in [-0.25, -0.2) is 4.98 Å². The van der Waals surface area contributed by atoms with Crippen molar-refractivity contribution in [3.05, 3.63) is 24.4 Å². The summed E-state index contributed by atoms with van der Waals surface area (Å²) in [5.74, 6) is 1.15. The zero-order valence-electron chi connectivity index (χ0n) is 11.3. The zero-order valence-corrected chi connectivity index (χ0v) is 11.3. The number of hydrogen-bond acceptors (Lipinski definition) is 3. The van der Waals surface area contributed by atoms with Crippen molar-refractivity contribution in [3.8, 4) is 0 Å². The molecule has 2 aliphatic rings. The van der Waals surface area contributed by atoms with Gasteiger partial charge in [0, 0.05) is 19.3 Å². The third kappa shape index (κ3) is 2.37. The topological polar surface area (TPSA) is 19.4 Å². The zero-order chi connectivity index (χ0) is 12.4. The number of hydrogen-bond donors (Lipinski definition) is 0. The Bertz CT molecular complexity index is 372. The first kappa shape index (κ1) is 12.0. The van der Waals surface area contributed by atoms with Crippen molar-refractivity contribution in [2.75, 3.05) is 38.1 Å². The summed E-state index contributed by atoms with van der Waals surface area (Å²) in [6.45, 7) is 4.93. The lowest BCUT2D eigenvalue weighted by Crippen LogP contribution is -2.46. The van der Waals surface area contributed by atoms with Gasteiger partial charge >= 0.3 is 0 Å². The predicted molar refractivity (Wildman–Crippen MR) is 74.8 cm³/mol. The van der Waals surface area contributed by atoms with Gasteiger partial charge in [0.2, 0.25) is 0 Å². The molecule has 0 radical (unpaired) electrons. The number of piperidine rings is 2. The molecule has 18 heavy (non-hydrogen) atoms. The van der Waals surface area contributed by atoms with Crippen LogP contribution in [0.3, 0.4) is 0 Å². The van der Waals surface area contributed by atoms with Crippen LogP contribution in [0.25, 0.3) is 0 Å². The van der Waals surface area contributed by atoms with Gasteiger partial charge in [-0.1, -0.05) is 6.07 Å².